The van der Waals surface area contributed by atoms with Gasteiger partial charge in [-0.1, -0.05) is 73.2 Å². The third kappa shape index (κ3) is 6.46. The van der Waals surface area contributed by atoms with E-state index in [2.05, 4.69) is 41.9 Å². The van der Waals surface area contributed by atoms with Crippen molar-refractivity contribution >= 4 is 11.5 Å². The fourth-order valence-corrected chi connectivity index (χ4v) is 8.19. The van der Waals surface area contributed by atoms with E-state index in [0.717, 1.165) is 68.7 Å². The lowest BCUT2D eigenvalue weighted by molar-refractivity contribution is -0.0841. The Balaban J connectivity index is 1.32. The molecule has 3 aromatic rings. The Hall–Kier alpha value is -3.45. The van der Waals surface area contributed by atoms with E-state index in [1.807, 2.05) is 54.6 Å². The zero-order valence-electron chi connectivity index (χ0n) is 26.8. The molecule has 6 heteroatoms. The van der Waals surface area contributed by atoms with E-state index in [1.54, 1.807) is 6.07 Å². The number of ketones is 1. The number of hydrogen-bond donors (Lipinski definition) is 3. The number of anilines is 1. The first-order valence-corrected chi connectivity index (χ1v) is 16.7. The van der Waals surface area contributed by atoms with Crippen LogP contribution in [0.25, 0.3) is 0 Å². The van der Waals surface area contributed by atoms with Gasteiger partial charge in [0.2, 0.25) is 0 Å². The number of carbonyl (C=O) groups excluding carboxylic acids is 1. The Bertz CT molecular complexity index is 1530. The van der Waals surface area contributed by atoms with Gasteiger partial charge in [-0.15, -0.1) is 0 Å². The Morgan fingerprint density at radius 1 is 0.933 bits per heavy atom. The molecule has 3 aromatic carbocycles. The molecule has 3 aliphatic carbocycles. The molecule has 0 amide bonds. The van der Waals surface area contributed by atoms with Crippen LogP contribution in [0.1, 0.15) is 85.3 Å². The summed E-state index contributed by atoms with van der Waals surface area (Å²) < 4.78 is 0. The van der Waals surface area contributed by atoms with Gasteiger partial charge in [-0.3, -0.25) is 9.69 Å². The lowest BCUT2D eigenvalue weighted by Gasteiger charge is -2.47. The summed E-state index contributed by atoms with van der Waals surface area (Å²) in [6.45, 7) is 8.19. The molecular weight excluding hydrogens is 560 g/mol. The summed E-state index contributed by atoms with van der Waals surface area (Å²) in [5.74, 6) is 0.325. The highest BCUT2D eigenvalue weighted by molar-refractivity contribution is 6.10. The second kappa shape index (κ2) is 13.1. The van der Waals surface area contributed by atoms with E-state index in [4.69, 9.17) is 0 Å². The molecule has 0 spiro atoms. The number of para-hydroxylation sites is 2. The van der Waals surface area contributed by atoms with Crippen molar-refractivity contribution in [2.45, 2.75) is 76.4 Å². The Morgan fingerprint density at radius 2 is 1.67 bits per heavy atom. The Labute approximate surface area is 268 Å². The number of aliphatic hydroxyl groups excluding tert-OH is 1. The first-order chi connectivity index (χ1) is 21.7. The van der Waals surface area contributed by atoms with Gasteiger partial charge < -0.3 is 20.2 Å². The first-order valence-electron chi connectivity index (χ1n) is 16.7. The highest BCUT2D eigenvalue weighted by Gasteiger charge is 2.57. The van der Waals surface area contributed by atoms with Crippen LogP contribution < -0.4 is 4.90 Å². The van der Waals surface area contributed by atoms with Crippen molar-refractivity contribution in [3.05, 3.63) is 107 Å². The van der Waals surface area contributed by atoms with E-state index in [0.29, 0.717) is 42.7 Å². The molecule has 2 fully saturated rings. The molecule has 1 aliphatic heterocycles. The molecule has 1 saturated carbocycles. The number of piperazine rings is 1. The van der Waals surface area contributed by atoms with Crippen molar-refractivity contribution in [3.8, 4) is 5.75 Å². The summed E-state index contributed by atoms with van der Waals surface area (Å²) >= 11 is 0. The van der Waals surface area contributed by atoms with E-state index < -0.39 is 17.1 Å². The van der Waals surface area contributed by atoms with Crippen molar-refractivity contribution in [3.63, 3.8) is 0 Å². The van der Waals surface area contributed by atoms with Gasteiger partial charge in [0.25, 0.3) is 0 Å². The second-order valence-corrected chi connectivity index (χ2v) is 13.9. The maximum atomic E-state index is 14.1. The molecule has 0 radical (unpaired) electrons. The predicted molar refractivity (Wildman–Crippen MR) is 180 cm³/mol. The maximum Gasteiger partial charge on any atom is 0.193 e. The maximum absolute atomic E-state index is 14.1. The second-order valence-electron chi connectivity index (χ2n) is 13.9. The number of phenols is 1. The molecule has 1 saturated heterocycles. The molecular formula is C39H48N2O4. The summed E-state index contributed by atoms with van der Waals surface area (Å²) in [5, 5.41) is 33.9. The summed E-state index contributed by atoms with van der Waals surface area (Å²) in [6.07, 6.45) is 7.01. The molecule has 0 unspecified atom stereocenters. The van der Waals surface area contributed by atoms with Gasteiger partial charge in [0.05, 0.1) is 17.4 Å². The third-order valence-corrected chi connectivity index (χ3v) is 11.0. The molecule has 2 bridgehead atoms. The predicted octanol–water partition coefficient (Wildman–Crippen LogP) is 6.48. The van der Waals surface area contributed by atoms with Crippen molar-refractivity contribution in [2.75, 3.05) is 37.6 Å². The minimum Gasteiger partial charge on any atom is -0.506 e. The highest BCUT2D eigenvalue weighted by Crippen LogP contribution is 2.59. The van der Waals surface area contributed by atoms with Crippen LogP contribution in [0.5, 0.6) is 5.75 Å². The SMILES string of the molecule is CC1=CCC[C@@]2(C)[C@@H](CC[C@@]2(O)CN2CCN(c3ccccc3O)CC2)c2ccc(cc2C(=O)c2ccccc2)C[C@@H](O)CC1. The van der Waals surface area contributed by atoms with Gasteiger partial charge in [0.1, 0.15) is 5.75 Å². The topological polar surface area (TPSA) is 84.2 Å². The van der Waals surface area contributed by atoms with Gasteiger partial charge in [-0.2, -0.15) is 0 Å². The quantitative estimate of drug-likeness (QED) is 0.227. The average molecular weight is 609 g/mol. The van der Waals surface area contributed by atoms with Crippen LogP contribution in [0.15, 0.2) is 84.4 Å². The number of allylic oxidation sites excluding steroid dienone is 2. The zero-order chi connectivity index (χ0) is 31.6. The van der Waals surface area contributed by atoms with Crippen molar-refractivity contribution < 1.29 is 20.1 Å². The molecule has 4 atom stereocenters. The lowest BCUT2D eigenvalue weighted by atomic mass is 9.64. The first kappa shape index (κ1) is 31.5. The van der Waals surface area contributed by atoms with E-state index in [-0.39, 0.29) is 11.7 Å². The third-order valence-electron chi connectivity index (χ3n) is 11.0. The number of aliphatic hydroxyl groups is 2. The van der Waals surface area contributed by atoms with Crippen LogP contribution in [0.4, 0.5) is 5.69 Å². The number of hydrogen-bond acceptors (Lipinski definition) is 6. The minimum absolute atomic E-state index is 0.00264. The number of rotatable bonds is 5. The highest BCUT2D eigenvalue weighted by atomic mass is 16.3. The van der Waals surface area contributed by atoms with Gasteiger partial charge in [0, 0.05) is 49.3 Å². The zero-order valence-corrected chi connectivity index (χ0v) is 26.8. The summed E-state index contributed by atoms with van der Waals surface area (Å²) in [5.41, 5.74) is 4.12. The number of carbonyl (C=O) groups is 1. The number of phenolic OH excluding ortho intramolecular Hbond substituents is 1. The monoisotopic (exact) mass is 608 g/mol. The smallest absolute Gasteiger partial charge is 0.193 e. The standard InChI is InChI=1S/C39H48N2O4/c1-28-9-8-19-38(2)34(18-20-39(38,45)27-40-21-23-41(24-22-40)35-12-6-7-13-36(35)43)32-17-15-29(25-31(42)16-14-28)26-33(32)37(44)30-10-4-3-5-11-30/h3-7,9-13,15,17,26,31,34,42-43,45H,8,14,16,18-25,27H2,1-2H3/t31-,34-,38-,39+/m0/s1. The van der Waals surface area contributed by atoms with E-state index in [1.165, 1.54) is 5.57 Å². The number of aromatic hydroxyl groups is 1. The lowest BCUT2D eigenvalue weighted by Crippen LogP contribution is -2.56. The molecule has 1 heterocycles. The number of benzene rings is 3. The Kier molecular flexibility index (Phi) is 9.19. The summed E-state index contributed by atoms with van der Waals surface area (Å²) in [4.78, 5) is 18.7. The molecule has 4 aliphatic rings. The fourth-order valence-electron chi connectivity index (χ4n) is 8.19. The number of β-amino-alcohol motifs (C(OH)–C–C–N with tert-alkyl or cyclic N) is 1. The van der Waals surface area contributed by atoms with Gasteiger partial charge >= 0.3 is 0 Å². The van der Waals surface area contributed by atoms with Gasteiger partial charge in [0.15, 0.2) is 5.78 Å². The van der Waals surface area contributed by atoms with Crippen LogP contribution in [-0.4, -0.2) is 70.4 Å². The number of fused-ring (bicyclic) bond motifs is 8. The van der Waals surface area contributed by atoms with E-state index >= 15 is 0 Å². The van der Waals surface area contributed by atoms with Crippen LogP contribution in [-0.2, 0) is 6.42 Å². The summed E-state index contributed by atoms with van der Waals surface area (Å²) in [7, 11) is 0. The summed E-state index contributed by atoms with van der Waals surface area (Å²) in [6, 6.07) is 23.2. The molecule has 238 valence electrons. The largest absolute Gasteiger partial charge is 0.506 e. The van der Waals surface area contributed by atoms with Crippen LogP contribution in [0.2, 0.25) is 0 Å². The minimum atomic E-state index is -0.921. The van der Waals surface area contributed by atoms with Crippen molar-refractivity contribution in [1.82, 2.24) is 4.90 Å². The van der Waals surface area contributed by atoms with E-state index in [9.17, 15) is 20.1 Å². The molecule has 45 heavy (non-hydrogen) atoms. The molecule has 3 N–H and O–H groups in total. The fraction of sp³-hybridized carbons (Fsp3) is 0.462. The van der Waals surface area contributed by atoms with Gasteiger partial charge in [-0.05, 0) is 87.1 Å². The average Bonchev–Trinajstić information content (AvgIpc) is 3.29. The number of nitrogens with zero attached hydrogens (tertiary/aromatic N) is 2. The van der Waals surface area contributed by atoms with Crippen molar-refractivity contribution in [1.29, 1.82) is 0 Å². The van der Waals surface area contributed by atoms with Crippen LogP contribution >= 0.6 is 0 Å². The van der Waals surface area contributed by atoms with Crippen LogP contribution in [0, 0.1) is 5.41 Å². The normalized spacial score (nSPS) is 27.9. The van der Waals surface area contributed by atoms with Crippen molar-refractivity contribution in [2.24, 2.45) is 5.41 Å². The molecule has 7 rings (SSSR count). The molecule has 6 nitrogen and oxygen atoms in total. The molecule has 0 aromatic heterocycles. The van der Waals surface area contributed by atoms with Crippen LogP contribution in [0.3, 0.4) is 0 Å². The Morgan fingerprint density at radius 3 is 2.42 bits per heavy atom. The van der Waals surface area contributed by atoms with Gasteiger partial charge in [-0.25, -0.2) is 0 Å².